The van der Waals surface area contributed by atoms with E-state index in [1.54, 1.807) is 65.8 Å². The first kappa shape index (κ1) is 39.5. The van der Waals surface area contributed by atoms with Gasteiger partial charge in [0.05, 0.1) is 26.5 Å². The van der Waals surface area contributed by atoms with Crippen LogP contribution in [0.5, 0.6) is 0 Å². The van der Waals surface area contributed by atoms with Crippen molar-refractivity contribution in [3.8, 4) is 0 Å². The number of nitrogens with one attached hydrogen (secondary N) is 4. The topological polar surface area (TPSA) is 212 Å². The molecule has 5 rings (SSSR count). The van der Waals surface area contributed by atoms with Gasteiger partial charge in [0, 0.05) is 49.8 Å². The van der Waals surface area contributed by atoms with E-state index in [1.165, 1.54) is 12.0 Å². The number of alkyl carbamates (subject to hydrolysis) is 1. The van der Waals surface area contributed by atoms with Crippen molar-refractivity contribution in [1.29, 1.82) is 0 Å². The van der Waals surface area contributed by atoms with Crippen LogP contribution in [-0.2, 0) is 54.9 Å². The Hall–Kier alpha value is -6.71. The summed E-state index contributed by atoms with van der Waals surface area (Å²) in [6.45, 7) is 0.725. The second-order valence-corrected chi connectivity index (χ2v) is 12.8. The highest BCUT2D eigenvalue weighted by molar-refractivity contribution is 5.96. The van der Waals surface area contributed by atoms with Gasteiger partial charge in [-0.2, -0.15) is 0 Å². The maximum atomic E-state index is 14.0. The minimum atomic E-state index is -1.41. The number of methoxy groups -OCH3 is 1. The summed E-state index contributed by atoms with van der Waals surface area (Å²) in [4.78, 5) is 87.5. The first-order valence-corrected chi connectivity index (χ1v) is 17.6. The van der Waals surface area contributed by atoms with E-state index in [1.807, 2.05) is 30.3 Å². The summed E-state index contributed by atoms with van der Waals surface area (Å²) in [5.74, 6) is -2.67. The monoisotopic (exact) mass is 753 g/mol. The number of amides is 4. The molecule has 0 saturated carbocycles. The van der Waals surface area contributed by atoms with Gasteiger partial charge in [-0.25, -0.2) is 9.78 Å². The van der Waals surface area contributed by atoms with Crippen LogP contribution in [0.3, 0.4) is 0 Å². The Morgan fingerprint density at radius 3 is 2.40 bits per heavy atom. The summed E-state index contributed by atoms with van der Waals surface area (Å²) >= 11 is 0. The van der Waals surface area contributed by atoms with Gasteiger partial charge in [-0.15, -0.1) is 0 Å². The number of carboxylic acid groups (broad SMARTS) is 1. The average molecular weight is 754 g/mol. The van der Waals surface area contributed by atoms with Crippen molar-refractivity contribution in [2.24, 2.45) is 0 Å². The van der Waals surface area contributed by atoms with Crippen molar-refractivity contribution in [1.82, 2.24) is 30.4 Å². The quantitative estimate of drug-likeness (QED) is 0.0780. The number of carbonyl (C=O) groups excluding carboxylic acids is 5. The van der Waals surface area contributed by atoms with Crippen molar-refractivity contribution in [2.75, 3.05) is 25.5 Å². The Morgan fingerprint density at radius 2 is 1.73 bits per heavy atom. The lowest BCUT2D eigenvalue weighted by molar-refractivity contribution is -0.144. The molecular formula is C39H43N7O9. The third kappa shape index (κ3) is 11.6. The molecule has 16 nitrogen and oxygen atoms in total. The Balaban J connectivity index is 1.26. The molecule has 0 bridgehead atoms. The highest BCUT2D eigenvalue weighted by atomic mass is 16.5. The number of benzene rings is 3. The summed E-state index contributed by atoms with van der Waals surface area (Å²) in [5.41, 5.74) is 3.23. The predicted molar refractivity (Wildman–Crippen MR) is 198 cm³/mol. The minimum absolute atomic E-state index is 0.0289. The number of imidazole rings is 1. The minimum Gasteiger partial charge on any atom is -0.481 e. The second-order valence-electron chi connectivity index (χ2n) is 12.8. The molecule has 4 amide bonds. The number of esters is 1. The number of aliphatic carboxylic acids is 1. The molecule has 0 aliphatic carbocycles. The lowest BCUT2D eigenvalue weighted by Crippen LogP contribution is -2.48. The Morgan fingerprint density at radius 1 is 1.00 bits per heavy atom. The third-order valence-electron chi connectivity index (χ3n) is 8.75. The smallest absolute Gasteiger partial charge is 0.408 e. The van der Waals surface area contributed by atoms with Gasteiger partial charge in [-0.3, -0.25) is 24.0 Å². The largest absolute Gasteiger partial charge is 0.481 e. The van der Waals surface area contributed by atoms with E-state index < -0.39 is 48.4 Å². The number of hydrogen-bond acceptors (Lipinski definition) is 10. The van der Waals surface area contributed by atoms with Crippen LogP contribution in [0.15, 0.2) is 91.3 Å². The normalized spacial score (nSPS) is 14.0. The number of aromatic amines is 1. The summed E-state index contributed by atoms with van der Waals surface area (Å²) in [6, 6.07) is 21.1. The van der Waals surface area contributed by atoms with Crippen LogP contribution in [0.4, 0.5) is 10.5 Å². The first-order valence-electron chi connectivity index (χ1n) is 17.6. The number of aromatic nitrogens is 2. The predicted octanol–water partition coefficient (Wildman–Crippen LogP) is 3.21. The molecule has 3 aromatic carbocycles. The van der Waals surface area contributed by atoms with Crippen molar-refractivity contribution < 1.29 is 43.3 Å². The molecule has 1 unspecified atom stereocenters. The van der Waals surface area contributed by atoms with Gasteiger partial charge in [-0.05, 0) is 41.3 Å². The van der Waals surface area contributed by atoms with Crippen LogP contribution in [0.2, 0.25) is 0 Å². The van der Waals surface area contributed by atoms with E-state index in [0.717, 1.165) is 5.56 Å². The van der Waals surface area contributed by atoms with Crippen molar-refractivity contribution in [3.05, 3.63) is 119 Å². The van der Waals surface area contributed by atoms with Gasteiger partial charge in [-0.1, -0.05) is 60.7 Å². The molecule has 0 radical (unpaired) electrons. The molecule has 0 spiro atoms. The molecule has 0 saturated heterocycles. The second kappa shape index (κ2) is 19.4. The number of carboxylic acids is 1. The highest BCUT2D eigenvalue weighted by Gasteiger charge is 2.32. The summed E-state index contributed by atoms with van der Waals surface area (Å²) in [7, 11) is 1.23. The molecule has 1 aliphatic rings. The Kier molecular flexibility index (Phi) is 13.9. The molecule has 5 N–H and O–H groups in total. The SMILES string of the molecule is COC(=O)CC1Nc2ccc(C(=O)N(Cc3ccccc3)Cc3ncc[nH]3)cc2CN(CCCNC(=O)[C@H](CC(=O)O)NC(=O)OCc2ccccc2)C1=O. The molecule has 288 valence electrons. The zero-order chi connectivity index (χ0) is 39.2. The highest BCUT2D eigenvalue weighted by Crippen LogP contribution is 2.27. The average Bonchev–Trinajstić information content (AvgIpc) is 3.66. The van der Waals surface area contributed by atoms with Crippen molar-refractivity contribution >= 4 is 41.4 Å². The maximum Gasteiger partial charge on any atom is 0.408 e. The number of H-pyrrole nitrogens is 1. The van der Waals surface area contributed by atoms with Gasteiger partial charge in [0.2, 0.25) is 11.8 Å². The number of rotatable bonds is 17. The molecule has 2 atom stereocenters. The van der Waals surface area contributed by atoms with E-state index in [9.17, 15) is 33.9 Å². The van der Waals surface area contributed by atoms with E-state index >= 15 is 0 Å². The van der Waals surface area contributed by atoms with E-state index in [4.69, 9.17) is 9.47 Å². The van der Waals surface area contributed by atoms with E-state index in [0.29, 0.717) is 34.7 Å². The van der Waals surface area contributed by atoms with E-state index in [-0.39, 0.29) is 51.5 Å². The molecule has 2 heterocycles. The van der Waals surface area contributed by atoms with Gasteiger partial charge in [0.15, 0.2) is 0 Å². The zero-order valence-electron chi connectivity index (χ0n) is 30.2. The fraction of sp³-hybridized carbons (Fsp3) is 0.308. The molecule has 0 fully saturated rings. The summed E-state index contributed by atoms with van der Waals surface area (Å²) in [6.07, 6.45) is 1.66. The van der Waals surface area contributed by atoms with Crippen molar-refractivity contribution in [2.45, 2.75) is 57.6 Å². The van der Waals surface area contributed by atoms with Gasteiger partial charge in [0.1, 0.15) is 24.5 Å². The van der Waals surface area contributed by atoms with Gasteiger partial charge in [0.25, 0.3) is 5.91 Å². The lowest BCUT2D eigenvalue weighted by Gasteiger charge is -2.24. The van der Waals surface area contributed by atoms with Crippen LogP contribution >= 0.6 is 0 Å². The molecular weight excluding hydrogens is 710 g/mol. The van der Waals surface area contributed by atoms with Crippen LogP contribution in [-0.4, -0.2) is 92.9 Å². The number of hydrogen-bond donors (Lipinski definition) is 5. The molecule has 16 heteroatoms. The Labute approximate surface area is 317 Å². The van der Waals surface area contributed by atoms with Crippen LogP contribution < -0.4 is 16.0 Å². The summed E-state index contributed by atoms with van der Waals surface area (Å²) in [5, 5.41) is 17.4. The summed E-state index contributed by atoms with van der Waals surface area (Å²) < 4.78 is 9.98. The number of anilines is 1. The molecule has 1 aliphatic heterocycles. The van der Waals surface area contributed by atoms with Crippen molar-refractivity contribution in [3.63, 3.8) is 0 Å². The number of carbonyl (C=O) groups is 6. The maximum absolute atomic E-state index is 14.0. The molecule has 4 aromatic rings. The number of nitrogens with zero attached hydrogens (tertiary/aromatic N) is 3. The van der Waals surface area contributed by atoms with Crippen LogP contribution in [0, 0.1) is 0 Å². The molecule has 55 heavy (non-hydrogen) atoms. The lowest BCUT2D eigenvalue weighted by atomic mass is 10.1. The zero-order valence-corrected chi connectivity index (χ0v) is 30.2. The first-order chi connectivity index (χ1) is 26.6. The Bertz CT molecular complexity index is 1940. The van der Waals surface area contributed by atoms with Crippen LogP contribution in [0.25, 0.3) is 0 Å². The van der Waals surface area contributed by atoms with Gasteiger partial charge < -0.3 is 45.3 Å². The molecule has 1 aromatic heterocycles. The van der Waals surface area contributed by atoms with Crippen LogP contribution in [0.1, 0.15) is 52.1 Å². The fourth-order valence-corrected chi connectivity index (χ4v) is 5.98. The number of fused-ring (bicyclic) bond motifs is 1. The number of ether oxygens (including phenoxy) is 2. The standard InChI is InChI=1S/C39H43N7O9/c1-54-35(49)21-32-38(52)45(18-8-15-42-36(50)31(20-34(47)48)44-39(53)55-25-27-11-6-3-7-12-27)23-29-19-28(13-14-30(29)43-32)37(51)46(24-33-40-16-17-41-33)22-26-9-4-2-5-10-26/h2-7,9-14,16-17,19,31-32,43H,8,15,18,20-25H2,1H3,(H,40,41)(H,42,50)(H,44,53)(H,47,48)/t31-,32?/m0/s1. The van der Waals surface area contributed by atoms with Gasteiger partial charge >= 0.3 is 18.0 Å². The fourth-order valence-electron chi connectivity index (χ4n) is 5.98. The van der Waals surface area contributed by atoms with E-state index in [2.05, 4.69) is 25.9 Å². The third-order valence-corrected chi connectivity index (χ3v) is 8.75.